The standard InChI is InChI=1S/C17H28N2O2/c1-13(2)7-5-3-4-6-8-19-15-12-17-16(11-14(15)18)20-9-10-21-17/h11-13,19H,3-10,18H2,1-2H3. The first-order valence-corrected chi connectivity index (χ1v) is 8.10. The van der Waals surface area contributed by atoms with Crippen LogP contribution in [0.1, 0.15) is 46.0 Å². The third-order valence-electron chi connectivity index (χ3n) is 3.74. The lowest BCUT2D eigenvalue weighted by Crippen LogP contribution is -2.16. The molecule has 1 aliphatic heterocycles. The number of nitrogens with one attached hydrogen (secondary N) is 1. The van der Waals surface area contributed by atoms with Gasteiger partial charge in [-0.3, -0.25) is 0 Å². The first kappa shape index (κ1) is 15.8. The van der Waals surface area contributed by atoms with E-state index in [9.17, 15) is 0 Å². The number of rotatable bonds is 8. The second-order valence-electron chi connectivity index (χ2n) is 6.11. The molecule has 0 bridgehead atoms. The fourth-order valence-corrected chi connectivity index (χ4v) is 2.51. The minimum Gasteiger partial charge on any atom is -0.486 e. The molecule has 0 atom stereocenters. The molecule has 0 unspecified atom stereocenters. The van der Waals surface area contributed by atoms with E-state index in [0.717, 1.165) is 35.3 Å². The summed E-state index contributed by atoms with van der Waals surface area (Å²) in [7, 11) is 0. The Hall–Kier alpha value is -1.58. The zero-order chi connectivity index (χ0) is 15.1. The number of nitrogens with two attached hydrogens (primary N) is 1. The summed E-state index contributed by atoms with van der Waals surface area (Å²) in [6.45, 7) is 6.71. The van der Waals surface area contributed by atoms with Gasteiger partial charge in [0, 0.05) is 18.7 Å². The minimum atomic E-state index is 0.593. The van der Waals surface area contributed by atoms with Crippen LogP contribution in [0.5, 0.6) is 11.5 Å². The van der Waals surface area contributed by atoms with E-state index in [4.69, 9.17) is 15.2 Å². The maximum Gasteiger partial charge on any atom is 0.163 e. The molecule has 118 valence electrons. The van der Waals surface area contributed by atoms with Crippen molar-refractivity contribution in [2.45, 2.75) is 46.0 Å². The summed E-state index contributed by atoms with van der Waals surface area (Å²) in [4.78, 5) is 0. The molecule has 1 aliphatic rings. The van der Waals surface area contributed by atoms with Gasteiger partial charge >= 0.3 is 0 Å². The highest BCUT2D eigenvalue weighted by atomic mass is 16.6. The second kappa shape index (κ2) is 8.01. The van der Waals surface area contributed by atoms with Gasteiger partial charge in [-0.05, 0) is 12.3 Å². The van der Waals surface area contributed by atoms with Gasteiger partial charge in [0.05, 0.1) is 11.4 Å². The molecule has 1 aromatic carbocycles. The van der Waals surface area contributed by atoms with Gasteiger partial charge in [0.1, 0.15) is 13.2 Å². The van der Waals surface area contributed by atoms with Crippen LogP contribution >= 0.6 is 0 Å². The van der Waals surface area contributed by atoms with E-state index >= 15 is 0 Å². The molecular weight excluding hydrogens is 264 g/mol. The van der Waals surface area contributed by atoms with Crippen molar-refractivity contribution in [1.82, 2.24) is 0 Å². The molecule has 0 amide bonds. The van der Waals surface area contributed by atoms with Crippen molar-refractivity contribution in [3.63, 3.8) is 0 Å². The number of hydrogen-bond donors (Lipinski definition) is 2. The average molecular weight is 292 g/mol. The largest absolute Gasteiger partial charge is 0.486 e. The molecule has 1 heterocycles. The summed E-state index contributed by atoms with van der Waals surface area (Å²) in [5, 5.41) is 3.40. The average Bonchev–Trinajstić information content (AvgIpc) is 2.46. The third-order valence-corrected chi connectivity index (χ3v) is 3.74. The molecule has 1 aromatic rings. The Morgan fingerprint density at radius 3 is 2.43 bits per heavy atom. The van der Waals surface area contributed by atoms with Crippen molar-refractivity contribution in [2.75, 3.05) is 30.8 Å². The minimum absolute atomic E-state index is 0.593. The Morgan fingerprint density at radius 1 is 1.05 bits per heavy atom. The van der Waals surface area contributed by atoms with E-state index in [2.05, 4.69) is 19.2 Å². The van der Waals surface area contributed by atoms with Crippen molar-refractivity contribution in [1.29, 1.82) is 0 Å². The maximum absolute atomic E-state index is 6.04. The number of fused-ring (bicyclic) bond motifs is 1. The SMILES string of the molecule is CC(C)CCCCCCNc1cc2c(cc1N)OCCO2. The summed E-state index contributed by atoms with van der Waals surface area (Å²) in [5.74, 6) is 2.36. The number of anilines is 2. The zero-order valence-corrected chi connectivity index (χ0v) is 13.3. The monoisotopic (exact) mass is 292 g/mol. The highest BCUT2D eigenvalue weighted by molar-refractivity contribution is 5.72. The third kappa shape index (κ3) is 5.03. The van der Waals surface area contributed by atoms with Gasteiger partial charge in [-0.15, -0.1) is 0 Å². The lowest BCUT2D eigenvalue weighted by atomic mass is 10.0. The molecule has 3 N–H and O–H groups in total. The van der Waals surface area contributed by atoms with Crippen LogP contribution in [0.4, 0.5) is 11.4 Å². The van der Waals surface area contributed by atoms with Crippen molar-refractivity contribution in [3.05, 3.63) is 12.1 Å². The number of benzene rings is 1. The lowest BCUT2D eigenvalue weighted by molar-refractivity contribution is 0.172. The van der Waals surface area contributed by atoms with E-state index in [1.54, 1.807) is 0 Å². The summed E-state index contributed by atoms with van der Waals surface area (Å²) in [5.41, 5.74) is 7.71. The van der Waals surface area contributed by atoms with Crippen LogP contribution in [-0.2, 0) is 0 Å². The summed E-state index contributed by atoms with van der Waals surface area (Å²) in [6, 6.07) is 3.79. The van der Waals surface area contributed by atoms with Crippen LogP contribution < -0.4 is 20.5 Å². The van der Waals surface area contributed by atoms with Crippen LogP contribution in [0.2, 0.25) is 0 Å². The molecular formula is C17H28N2O2. The molecule has 0 fully saturated rings. The van der Waals surface area contributed by atoms with Crippen molar-refractivity contribution >= 4 is 11.4 Å². The molecule has 0 saturated heterocycles. The topological polar surface area (TPSA) is 56.5 Å². The first-order chi connectivity index (χ1) is 10.2. The Balaban J connectivity index is 1.71. The highest BCUT2D eigenvalue weighted by Gasteiger charge is 2.14. The maximum atomic E-state index is 6.04. The molecule has 0 spiro atoms. The summed E-state index contributed by atoms with van der Waals surface area (Å²) in [6.07, 6.45) is 6.43. The first-order valence-electron chi connectivity index (χ1n) is 8.10. The Labute approximate surface area is 128 Å². The second-order valence-corrected chi connectivity index (χ2v) is 6.11. The fraction of sp³-hybridized carbons (Fsp3) is 0.647. The van der Waals surface area contributed by atoms with Gasteiger partial charge in [0.2, 0.25) is 0 Å². The smallest absolute Gasteiger partial charge is 0.163 e. The Bertz CT molecular complexity index is 447. The van der Waals surface area contributed by atoms with E-state index in [1.807, 2.05) is 12.1 Å². The molecule has 21 heavy (non-hydrogen) atoms. The van der Waals surface area contributed by atoms with Gasteiger partial charge in [-0.25, -0.2) is 0 Å². The molecule has 0 saturated carbocycles. The molecule has 4 nitrogen and oxygen atoms in total. The molecule has 2 rings (SSSR count). The molecule has 0 aliphatic carbocycles. The fourth-order valence-electron chi connectivity index (χ4n) is 2.51. The molecule has 0 radical (unpaired) electrons. The van der Waals surface area contributed by atoms with Crippen LogP contribution in [0.25, 0.3) is 0 Å². The van der Waals surface area contributed by atoms with Crippen LogP contribution in [0.3, 0.4) is 0 Å². The zero-order valence-electron chi connectivity index (χ0n) is 13.3. The van der Waals surface area contributed by atoms with Gasteiger partial charge < -0.3 is 20.5 Å². The predicted molar refractivity (Wildman–Crippen MR) is 88.3 cm³/mol. The summed E-state index contributed by atoms with van der Waals surface area (Å²) < 4.78 is 11.1. The van der Waals surface area contributed by atoms with E-state index in [-0.39, 0.29) is 0 Å². The highest BCUT2D eigenvalue weighted by Crippen LogP contribution is 2.36. The summed E-state index contributed by atoms with van der Waals surface area (Å²) >= 11 is 0. The quantitative estimate of drug-likeness (QED) is 0.560. The normalized spacial score (nSPS) is 13.5. The van der Waals surface area contributed by atoms with Crippen LogP contribution in [0.15, 0.2) is 12.1 Å². The van der Waals surface area contributed by atoms with E-state index in [0.29, 0.717) is 13.2 Å². The Morgan fingerprint density at radius 2 is 1.71 bits per heavy atom. The van der Waals surface area contributed by atoms with Gasteiger partial charge in [-0.2, -0.15) is 0 Å². The number of unbranched alkanes of at least 4 members (excludes halogenated alkanes) is 3. The van der Waals surface area contributed by atoms with Gasteiger partial charge in [-0.1, -0.05) is 39.5 Å². The molecule has 4 heteroatoms. The van der Waals surface area contributed by atoms with Gasteiger partial charge in [0.15, 0.2) is 11.5 Å². The van der Waals surface area contributed by atoms with Crippen LogP contribution in [-0.4, -0.2) is 19.8 Å². The number of hydrogen-bond acceptors (Lipinski definition) is 4. The van der Waals surface area contributed by atoms with E-state index < -0.39 is 0 Å². The predicted octanol–water partition coefficient (Wildman–Crippen LogP) is 4.06. The number of nitrogen functional groups attached to an aromatic ring is 1. The van der Waals surface area contributed by atoms with Crippen molar-refractivity contribution < 1.29 is 9.47 Å². The Kier molecular flexibility index (Phi) is 6.03. The van der Waals surface area contributed by atoms with Gasteiger partial charge in [0.25, 0.3) is 0 Å². The van der Waals surface area contributed by atoms with Crippen molar-refractivity contribution in [2.24, 2.45) is 5.92 Å². The molecule has 0 aromatic heterocycles. The lowest BCUT2D eigenvalue weighted by Gasteiger charge is -2.20. The van der Waals surface area contributed by atoms with Crippen molar-refractivity contribution in [3.8, 4) is 11.5 Å². The van der Waals surface area contributed by atoms with E-state index in [1.165, 1.54) is 32.1 Å². The van der Waals surface area contributed by atoms with Crippen LogP contribution in [0, 0.1) is 5.92 Å². The number of ether oxygens (including phenoxy) is 2.